The van der Waals surface area contributed by atoms with E-state index < -0.39 is 45.0 Å². The summed E-state index contributed by atoms with van der Waals surface area (Å²) < 4.78 is 31.5. The van der Waals surface area contributed by atoms with Gasteiger partial charge in [0.1, 0.15) is 24.0 Å². The molecule has 208 valence electrons. The van der Waals surface area contributed by atoms with E-state index in [0.29, 0.717) is 16.4 Å². The average molecular weight is 589 g/mol. The molecule has 14 heteroatoms. The zero-order valence-corrected chi connectivity index (χ0v) is 23.9. The van der Waals surface area contributed by atoms with Crippen molar-refractivity contribution in [3.8, 4) is 5.75 Å². The maximum Gasteiger partial charge on any atom is 0.271 e. The molecule has 0 saturated carbocycles. The van der Waals surface area contributed by atoms with Gasteiger partial charge in [0.15, 0.2) is 0 Å². The number of amides is 2. The molecular weight excluding hydrogens is 559 g/mol. The molecule has 2 amide bonds. The van der Waals surface area contributed by atoms with Crippen LogP contribution in [0.5, 0.6) is 5.75 Å². The molecule has 0 bridgehead atoms. The molecule has 0 aliphatic rings. The third-order valence-corrected chi connectivity index (χ3v) is 7.40. The number of rotatable bonds is 12. The Morgan fingerprint density at radius 1 is 1.13 bits per heavy atom. The fourth-order valence-electron chi connectivity index (χ4n) is 3.47. The van der Waals surface area contributed by atoms with Gasteiger partial charge in [0.25, 0.3) is 5.69 Å². The van der Waals surface area contributed by atoms with Crippen molar-refractivity contribution in [2.45, 2.75) is 33.4 Å². The number of methoxy groups -OCH3 is 1. The number of nitrogens with one attached hydrogen (secondary N) is 1. The highest BCUT2D eigenvalue weighted by Gasteiger charge is 2.32. The molecule has 0 aliphatic heterocycles. The number of carbonyl (C=O) groups excluding carboxylic acids is 2. The Balaban J connectivity index is 2.55. The molecule has 1 N–H and O–H groups in total. The standard InChI is InChI=1S/C24H30Cl2N4O7S/c1-15(2)12-27-24(32)16(3)28(13-18-19(25)7-6-8-20(18)26)23(31)14-29(38(5,35)36)21-11-17(30(33)34)9-10-22(21)37-4/h6-11,15-16H,12-14H2,1-5H3,(H,27,32)/t16-/m1/s1. The van der Waals surface area contributed by atoms with Gasteiger partial charge in [0.2, 0.25) is 21.8 Å². The number of nitro benzene ring substituents is 1. The van der Waals surface area contributed by atoms with Crippen LogP contribution in [0, 0.1) is 16.0 Å². The molecule has 0 heterocycles. The lowest BCUT2D eigenvalue weighted by Crippen LogP contribution is -2.51. The van der Waals surface area contributed by atoms with Crippen LogP contribution in [0.2, 0.25) is 10.0 Å². The van der Waals surface area contributed by atoms with Crippen LogP contribution < -0.4 is 14.4 Å². The normalized spacial score (nSPS) is 12.1. The predicted octanol–water partition coefficient (Wildman–Crippen LogP) is 3.87. The molecule has 0 unspecified atom stereocenters. The molecule has 1 atom stereocenters. The molecule has 2 rings (SSSR count). The van der Waals surface area contributed by atoms with Crippen molar-refractivity contribution in [3.63, 3.8) is 0 Å². The Labute approximate surface area is 231 Å². The molecule has 0 spiro atoms. The van der Waals surface area contributed by atoms with Gasteiger partial charge >= 0.3 is 0 Å². The van der Waals surface area contributed by atoms with Crippen molar-refractivity contribution in [2.24, 2.45) is 5.92 Å². The van der Waals surface area contributed by atoms with Gasteiger partial charge in [-0.2, -0.15) is 0 Å². The highest BCUT2D eigenvalue weighted by atomic mass is 35.5. The summed E-state index contributed by atoms with van der Waals surface area (Å²) in [6.07, 6.45) is 0.854. The van der Waals surface area contributed by atoms with E-state index in [1.165, 1.54) is 20.1 Å². The van der Waals surface area contributed by atoms with Gasteiger partial charge < -0.3 is 15.0 Å². The van der Waals surface area contributed by atoms with Crippen molar-refractivity contribution < 1.29 is 27.7 Å². The average Bonchev–Trinajstić information content (AvgIpc) is 2.84. The second kappa shape index (κ2) is 13.1. The molecule has 0 aliphatic carbocycles. The minimum atomic E-state index is -4.15. The van der Waals surface area contributed by atoms with Gasteiger partial charge in [-0.1, -0.05) is 43.1 Å². The fraction of sp³-hybridized carbons (Fsp3) is 0.417. The highest BCUT2D eigenvalue weighted by molar-refractivity contribution is 7.92. The molecular formula is C24H30Cl2N4O7S. The number of ether oxygens (including phenoxy) is 1. The van der Waals surface area contributed by atoms with E-state index in [1.54, 1.807) is 18.2 Å². The van der Waals surface area contributed by atoms with Crippen molar-refractivity contribution in [1.29, 1.82) is 0 Å². The van der Waals surface area contributed by atoms with Crippen molar-refractivity contribution in [2.75, 3.05) is 30.8 Å². The number of halogens is 2. The summed E-state index contributed by atoms with van der Waals surface area (Å²) in [4.78, 5) is 38.4. The monoisotopic (exact) mass is 588 g/mol. The van der Waals surface area contributed by atoms with Crippen molar-refractivity contribution in [3.05, 3.63) is 62.1 Å². The summed E-state index contributed by atoms with van der Waals surface area (Å²) in [7, 11) is -2.88. The van der Waals surface area contributed by atoms with Crippen LogP contribution in [0.15, 0.2) is 36.4 Å². The Hall–Kier alpha value is -3.09. The van der Waals surface area contributed by atoms with E-state index in [1.807, 2.05) is 13.8 Å². The Bertz CT molecular complexity index is 1280. The number of anilines is 1. The lowest BCUT2D eigenvalue weighted by atomic mass is 10.1. The Morgan fingerprint density at radius 3 is 2.24 bits per heavy atom. The van der Waals surface area contributed by atoms with Gasteiger partial charge in [0, 0.05) is 40.8 Å². The number of nitrogens with zero attached hydrogens (tertiary/aromatic N) is 3. The number of hydrogen-bond donors (Lipinski definition) is 1. The number of nitro groups is 1. The van der Waals surface area contributed by atoms with E-state index in [-0.39, 0.29) is 33.9 Å². The van der Waals surface area contributed by atoms with Crippen LogP contribution in [-0.2, 0) is 26.2 Å². The third kappa shape index (κ3) is 7.95. The number of non-ortho nitro benzene ring substituents is 1. The van der Waals surface area contributed by atoms with Gasteiger partial charge in [0.05, 0.1) is 18.3 Å². The molecule has 2 aromatic carbocycles. The summed E-state index contributed by atoms with van der Waals surface area (Å²) in [6.45, 7) is 4.70. The zero-order valence-electron chi connectivity index (χ0n) is 21.6. The Morgan fingerprint density at radius 2 is 1.74 bits per heavy atom. The van der Waals surface area contributed by atoms with Crippen LogP contribution in [0.1, 0.15) is 26.3 Å². The Kier molecular flexibility index (Phi) is 10.7. The van der Waals surface area contributed by atoms with Gasteiger partial charge in [-0.3, -0.25) is 24.0 Å². The van der Waals surface area contributed by atoms with E-state index in [0.717, 1.165) is 23.3 Å². The molecule has 2 aromatic rings. The zero-order chi connectivity index (χ0) is 28.8. The minimum Gasteiger partial charge on any atom is -0.495 e. The molecule has 0 radical (unpaired) electrons. The summed E-state index contributed by atoms with van der Waals surface area (Å²) in [5.41, 5.74) is -0.236. The number of sulfonamides is 1. The molecule has 11 nitrogen and oxygen atoms in total. The van der Waals surface area contributed by atoms with Gasteiger partial charge in [-0.05, 0) is 31.0 Å². The van der Waals surface area contributed by atoms with Crippen molar-refractivity contribution >= 4 is 56.4 Å². The van der Waals surface area contributed by atoms with Crippen molar-refractivity contribution in [1.82, 2.24) is 10.2 Å². The van der Waals surface area contributed by atoms with Crippen LogP contribution in [0.3, 0.4) is 0 Å². The van der Waals surface area contributed by atoms with E-state index >= 15 is 0 Å². The maximum absolute atomic E-state index is 13.7. The van der Waals surface area contributed by atoms with Gasteiger partial charge in [-0.15, -0.1) is 0 Å². The first kappa shape index (κ1) is 31.1. The summed E-state index contributed by atoms with van der Waals surface area (Å²) in [5.74, 6) is -1.09. The lowest BCUT2D eigenvalue weighted by Gasteiger charge is -2.32. The van der Waals surface area contributed by atoms with E-state index in [9.17, 15) is 28.1 Å². The van der Waals surface area contributed by atoms with E-state index in [2.05, 4.69) is 5.32 Å². The smallest absolute Gasteiger partial charge is 0.271 e. The fourth-order valence-corrected chi connectivity index (χ4v) is 4.83. The van der Waals surface area contributed by atoms with Crippen LogP contribution in [0.25, 0.3) is 0 Å². The lowest BCUT2D eigenvalue weighted by molar-refractivity contribution is -0.384. The quantitative estimate of drug-likeness (QED) is 0.293. The van der Waals surface area contributed by atoms with Gasteiger partial charge in [-0.25, -0.2) is 8.42 Å². The predicted molar refractivity (Wildman–Crippen MR) is 146 cm³/mol. The second-order valence-corrected chi connectivity index (χ2v) is 11.6. The maximum atomic E-state index is 13.7. The first-order chi connectivity index (χ1) is 17.7. The summed E-state index contributed by atoms with van der Waals surface area (Å²) >= 11 is 12.6. The minimum absolute atomic E-state index is 0.00255. The molecule has 38 heavy (non-hydrogen) atoms. The number of benzene rings is 2. The second-order valence-electron chi connectivity index (χ2n) is 8.92. The first-order valence-corrected chi connectivity index (χ1v) is 14.1. The number of carbonyl (C=O) groups is 2. The largest absolute Gasteiger partial charge is 0.495 e. The summed E-state index contributed by atoms with van der Waals surface area (Å²) in [5, 5.41) is 14.6. The third-order valence-electron chi connectivity index (χ3n) is 5.56. The number of hydrogen-bond acceptors (Lipinski definition) is 7. The first-order valence-electron chi connectivity index (χ1n) is 11.5. The van der Waals surface area contributed by atoms with Crippen LogP contribution >= 0.6 is 23.2 Å². The molecule has 0 fully saturated rings. The topological polar surface area (TPSA) is 139 Å². The summed E-state index contributed by atoms with van der Waals surface area (Å²) in [6, 6.07) is 7.12. The van der Waals surface area contributed by atoms with Crippen LogP contribution in [-0.4, -0.2) is 62.6 Å². The molecule has 0 saturated heterocycles. The van der Waals surface area contributed by atoms with Crippen LogP contribution in [0.4, 0.5) is 11.4 Å². The highest BCUT2D eigenvalue weighted by Crippen LogP contribution is 2.34. The SMILES string of the molecule is COc1ccc([N+](=O)[O-])cc1N(CC(=O)N(Cc1c(Cl)cccc1Cl)[C@H](C)C(=O)NCC(C)C)S(C)(=O)=O. The van der Waals surface area contributed by atoms with E-state index in [4.69, 9.17) is 27.9 Å². The molecule has 0 aromatic heterocycles.